The Hall–Kier alpha value is 0.471. The molecule has 0 N–H and O–H groups in total. The number of hydrogen-bond acceptors (Lipinski definition) is 0. The second-order valence-electron chi connectivity index (χ2n) is 12.0. The fraction of sp³-hybridized carbons (Fsp3) is 0.714. The molecule has 0 spiro atoms. The Labute approximate surface area is 213 Å². The first-order valence-electron chi connectivity index (χ1n) is 13.3. The third-order valence-corrected chi connectivity index (χ3v) is 20.3. The van der Waals surface area contributed by atoms with Crippen LogP contribution in [0.1, 0.15) is 104 Å². The van der Waals surface area contributed by atoms with Gasteiger partial charge in [0.25, 0.3) is 0 Å². The molecule has 0 saturated heterocycles. The molecule has 0 aromatic heterocycles. The molecular formula is C28H48Cl2SiTi. The zero-order valence-electron chi connectivity index (χ0n) is 21.2. The second kappa shape index (κ2) is 11.5. The van der Waals surface area contributed by atoms with E-state index in [1.54, 1.807) is 11.1 Å². The largest absolute Gasteiger partial charge is 0.147 e. The summed E-state index contributed by atoms with van der Waals surface area (Å²) in [6.07, 6.45) is 24.9. The Morgan fingerprint density at radius 3 is 1.47 bits per heavy atom. The normalized spacial score (nSPS) is 25.5. The minimum Gasteiger partial charge on any atom is -0.147 e. The van der Waals surface area contributed by atoms with Gasteiger partial charge in [-0.25, -0.2) is 0 Å². The van der Waals surface area contributed by atoms with Crippen LogP contribution >= 0.6 is 24.8 Å². The van der Waals surface area contributed by atoms with Gasteiger partial charge in [-0.15, -0.1) is 24.8 Å². The van der Waals surface area contributed by atoms with Gasteiger partial charge >= 0.3 is 190 Å². The summed E-state index contributed by atoms with van der Waals surface area (Å²) in [7, 11) is 2.58. The molecular weight excluding hydrogens is 483 g/mol. The average molecular weight is 532 g/mol. The first-order chi connectivity index (χ1) is 14.4. The van der Waals surface area contributed by atoms with E-state index in [4.69, 9.17) is 0 Å². The Morgan fingerprint density at radius 2 is 1.09 bits per heavy atom. The smallest absolute Gasteiger partial charge is 0.147 e. The van der Waals surface area contributed by atoms with Crippen molar-refractivity contribution in [1.29, 1.82) is 0 Å². The molecule has 0 aliphatic heterocycles. The van der Waals surface area contributed by atoms with Crippen molar-refractivity contribution >= 4 is 32.4 Å². The molecule has 182 valence electrons. The molecule has 4 rings (SSSR count). The van der Waals surface area contributed by atoms with Crippen LogP contribution in [0.4, 0.5) is 0 Å². The minimum absolute atomic E-state index is 0. The molecule has 4 aliphatic carbocycles. The zero-order valence-corrected chi connectivity index (χ0v) is 25.8. The third-order valence-electron chi connectivity index (χ3n) is 8.80. The van der Waals surface area contributed by atoms with Crippen molar-refractivity contribution in [2.45, 2.75) is 123 Å². The van der Waals surface area contributed by atoms with Crippen molar-refractivity contribution in [3.8, 4) is 0 Å². The monoisotopic (exact) mass is 530 g/mol. The average Bonchev–Trinajstić information content (AvgIpc) is 3.29. The van der Waals surface area contributed by atoms with E-state index in [1.165, 1.54) is 89.9 Å². The first kappa shape index (κ1) is 28.7. The molecule has 0 aromatic carbocycles. The molecule has 4 heteroatoms. The van der Waals surface area contributed by atoms with Crippen LogP contribution in [-0.4, -0.2) is 7.63 Å². The van der Waals surface area contributed by atoms with Crippen molar-refractivity contribution in [1.82, 2.24) is 0 Å². The maximum Gasteiger partial charge on any atom is -0.147 e. The molecule has 0 amide bonds. The molecule has 2 unspecified atom stereocenters. The number of rotatable bonds is 8. The molecule has 0 fully saturated rings. The maximum atomic E-state index is 2.87. The van der Waals surface area contributed by atoms with Crippen molar-refractivity contribution < 1.29 is 14.0 Å². The molecule has 0 heterocycles. The van der Waals surface area contributed by atoms with Gasteiger partial charge in [0, 0.05) is 0 Å². The van der Waals surface area contributed by atoms with E-state index >= 15 is 0 Å². The minimum atomic E-state index is -2.89. The van der Waals surface area contributed by atoms with Gasteiger partial charge in [0.1, 0.15) is 0 Å². The SMILES string of the molecule is CCCCC1=CC2=C(CCCC2)[CH]1[Ti]([CH3])([CH3])(=[SiH2])[CH]1C(CCCC)=CC2=C1CCCC2.Cl.Cl. The van der Waals surface area contributed by atoms with Gasteiger partial charge < -0.3 is 0 Å². The van der Waals surface area contributed by atoms with Crippen molar-refractivity contribution in [3.05, 3.63) is 45.6 Å². The van der Waals surface area contributed by atoms with Crippen LogP contribution in [0.15, 0.2) is 45.6 Å². The number of allylic oxidation sites excluding steroid dienone is 8. The van der Waals surface area contributed by atoms with Crippen LogP contribution in [0.3, 0.4) is 0 Å². The molecule has 32 heavy (non-hydrogen) atoms. The maximum absolute atomic E-state index is 2.89. The van der Waals surface area contributed by atoms with Crippen LogP contribution in [-0.2, 0) is 14.0 Å². The van der Waals surface area contributed by atoms with Crippen molar-refractivity contribution in [3.63, 3.8) is 0 Å². The number of hydrogen-bond donors (Lipinski definition) is 0. The van der Waals surface area contributed by atoms with Gasteiger partial charge in [0.05, 0.1) is 0 Å². The number of unbranched alkanes of at least 4 members (excludes halogenated alkanes) is 2. The fourth-order valence-corrected chi connectivity index (χ4v) is 21.5. The van der Waals surface area contributed by atoms with E-state index in [0.29, 0.717) is 0 Å². The van der Waals surface area contributed by atoms with E-state index in [1.807, 2.05) is 22.3 Å². The van der Waals surface area contributed by atoms with Crippen LogP contribution in [0.25, 0.3) is 0 Å². The predicted molar refractivity (Wildman–Crippen MR) is 148 cm³/mol. The Morgan fingerprint density at radius 1 is 0.719 bits per heavy atom. The summed E-state index contributed by atoms with van der Waals surface area (Å²) in [4.78, 5) is 0. The topological polar surface area (TPSA) is 0 Å². The van der Waals surface area contributed by atoms with Gasteiger partial charge in [-0.1, -0.05) is 0 Å². The van der Waals surface area contributed by atoms with E-state index in [9.17, 15) is 0 Å². The standard InChI is InChI=1S/2C13H19.2CH3.2ClH.H2Si.Ti/c2*1-2-3-6-11-9-12-7-4-5-8-13(12)10-11;;;;;;/h2*9-10H,2-8H2,1H3;2*1H3;2*1H;1H2;. The van der Waals surface area contributed by atoms with Crippen molar-refractivity contribution in [2.75, 3.05) is 0 Å². The van der Waals surface area contributed by atoms with E-state index < -0.39 is 14.0 Å². The number of halogens is 2. The Bertz CT molecular complexity index is 817. The Balaban J connectivity index is 0.00000181. The van der Waals surface area contributed by atoms with Crippen LogP contribution < -0.4 is 0 Å². The summed E-state index contributed by atoms with van der Waals surface area (Å²) in [5, 5.41) is 5.75. The quantitative estimate of drug-likeness (QED) is 0.274. The molecule has 4 aliphatic rings. The third kappa shape index (κ3) is 5.33. The van der Waals surface area contributed by atoms with Gasteiger partial charge in [0.2, 0.25) is 0 Å². The summed E-state index contributed by atoms with van der Waals surface area (Å²) in [5.41, 5.74) is 11.2. The van der Waals surface area contributed by atoms with Crippen LogP contribution in [0.2, 0.25) is 18.9 Å². The summed E-state index contributed by atoms with van der Waals surface area (Å²) in [5.74, 6) is 0. The predicted octanol–water partition coefficient (Wildman–Crippen LogP) is 9.74. The summed E-state index contributed by atoms with van der Waals surface area (Å²) < 4.78 is 1.71. The van der Waals surface area contributed by atoms with E-state index in [0.717, 1.165) is 8.45 Å². The van der Waals surface area contributed by atoms with Crippen LogP contribution in [0.5, 0.6) is 0 Å². The van der Waals surface area contributed by atoms with Gasteiger partial charge in [0.15, 0.2) is 0 Å². The molecule has 0 radical (unpaired) electrons. The van der Waals surface area contributed by atoms with Gasteiger partial charge in [-0.3, -0.25) is 0 Å². The molecule has 0 nitrogen and oxygen atoms in total. The van der Waals surface area contributed by atoms with Gasteiger partial charge in [-0.05, 0) is 0 Å². The summed E-state index contributed by atoms with van der Waals surface area (Å²) >= 11 is -2.89. The summed E-state index contributed by atoms with van der Waals surface area (Å²) in [6, 6.07) is 0. The summed E-state index contributed by atoms with van der Waals surface area (Å²) in [6.45, 7) is 4.74. The Kier molecular flexibility index (Phi) is 10.3. The first-order valence-corrected chi connectivity index (χ1v) is 22.2. The zero-order chi connectivity index (χ0) is 21.4. The molecule has 2 atom stereocenters. The van der Waals surface area contributed by atoms with E-state index in [2.05, 4.69) is 44.1 Å². The van der Waals surface area contributed by atoms with E-state index in [-0.39, 0.29) is 24.8 Å². The molecule has 0 saturated carbocycles. The molecule has 0 bridgehead atoms. The van der Waals surface area contributed by atoms with Crippen LogP contribution in [0, 0.1) is 0 Å². The van der Waals surface area contributed by atoms with Gasteiger partial charge in [-0.2, -0.15) is 0 Å². The fourth-order valence-electron chi connectivity index (χ4n) is 7.68. The molecule has 0 aromatic rings. The van der Waals surface area contributed by atoms with Crippen molar-refractivity contribution in [2.24, 2.45) is 0 Å². The second-order valence-corrected chi connectivity index (χ2v) is 32.1.